The minimum atomic E-state index is -0.552. The lowest BCUT2D eigenvalue weighted by molar-refractivity contribution is 0.233. The summed E-state index contributed by atoms with van der Waals surface area (Å²) >= 11 is 5.92. The van der Waals surface area contributed by atoms with Crippen molar-refractivity contribution in [1.82, 2.24) is 20.8 Å². The highest BCUT2D eigenvalue weighted by Crippen LogP contribution is 2.25. The Hall–Kier alpha value is -2.86. The number of amides is 2. The third-order valence-corrected chi connectivity index (χ3v) is 4.43. The van der Waals surface area contributed by atoms with Crippen LogP contribution in [0.3, 0.4) is 0 Å². The van der Waals surface area contributed by atoms with Crippen LogP contribution < -0.4 is 10.6 Å². The van der Waals surface area contributed by atoms with Crippen LogP contribution in [0, 0.1) is 0 Å². The van der Waals surface area contributed by atoms with Gasteiger partial charge in [0.15, 0.2) is 0 Å². The molecule has 140 valence electrons. The molecule has 0 saturated heterocycles. The van der Waals surface area contributed by atoms with Crippen molar-refractivity contribution in [2.75, 3.05) is 0 Å². The second kappa shape index (κ2) is 8.68. The summed E-state index contributed by atoms with van der Waals surface area (Å²) in [6.45, 7) is 3.96. The summed E-state index contributed by atoms with van der Waals surface area (Å²) in [7, 11) is 0. The molecule has 0 aliphatic carbocycles. The van der Waals surface area contributed by atoms with E-state index in [0.717, 1.165) is 17.5 Å². The van der Waals surface area contributed by atoms with Gasteiger partial charge in [0.2, 0.25) is 11.8 Å². The van der Waals surface area contributed by atoms with Gasteiger partial charge in [0.05, 0.1) is 0 Å². The molecule has 1 heterocycles. The second-order valence-electron chi connectivity index (χ2n) is 6.22. The van der Waals surface area contributed by atoms with E-state index in [1.807, 2.05) is 44.2 Å². The van der Waals surface area contributed by atoms with Crippen molar-refractivity contribution < 1.29 is 9.21 Å². The van der Waals surface area contributed by atoms with E-state index < -0.39 is 6.04 Å². The molecule has 2 N–H and O–H groups in total. The number of aromatic nitrogens is 2. The van der Waals surface area contributed by atoms with Crippen molar-refractivity contribution in [2.24, 2.45) is 0 Å². The molecule has 0 aliphatic heterocycles. The number of hydrogen-bond acceptors (Lipinski definition) is 4. The Labute approximate surface area is 163 Å². The number of rotatable bonds is 6. The smallest absolute Gasteiger partial charge is 0.315 e. The molecule has 3 rings (SSSR count). The normalized spacial score (nSPS) is 13.0. The molecule has 6 nitrogen and oxygen atoms in total. The topological polar surface area (TPSA) is 80.0 Å². The monoisotopic (exact) mass is 384 g/mol. The summed E-state index contributed by atoms with van der Waals surface area (Å²) in [5, 5.41) is 14.7. The van der Waals surface area contributed by atoms with Gasteiger partial charge in [-0.25, -0.2) is 4.79 Å². The fourth-order valence-corrected chi connectivity index (χ4v) is 2.62. The minimum absolute atomic E-state index is 0.0636. The lowest BCUT2D eigenvalue weighted by Crippen LogP contribution is -2.42. The van der Waals surface area contributed by atoms with Crippen LogP contribution in [-0.2, 0) is 0 Å². The highest BCUT2D eigenvalue weighted by molar-refractivity contribution is 6.30. The molecule has 3 aromatic rings. The first kappa shape index (κ1) is 18.9. The van der Waals surface area contributed by atoms with Crippen molar-refractivity contribution in [2.45, 2.75) is 32.4 Å². The van der Waals surface area contributed by atoms with Gasteiger partial charge in [-0.15, -0.1) is 10.2 Å². The number of carbonyl (C=O) groups excluding carboxylic acids is 1. The van der Waals surface area contributed by atoms with Crippen LogP contribution in [0.25, 0.3) is 11.5 Å². The summed E-state index contributed by atoms with van der Waals surface area (Å²) in [5.74, 6) is 0.678. The van der Waals surface area contributed by atoms with Gasteiger partial charge in [-0.2, -0.15) is 0 Å². The Kier molecular flexibility index (Phi) is 6.08. The Morgan fingerprint density at radius 2 is 1.78 bits per heavy atom. The molecular weight excluding hydrogens is 364 g/mol. The summed E-state index contributed by atoms with van der Waals surface area (Å²) < 4.78 is 5.85. The molecular formula is C20H21ClN4O2. The van der Waals surface area contributed by atoms with Gasteiger partial charge in [0.1, 0.15) is 6.04 Å². The van der Waals surface area contributed by atoms with Crippen LogP contribution >= 0.6 is 11.6 Å². The number of carbonyl (C=O) groups is 1. The zero-order chi connectivity index (χ0) is 19.2. The largest absolute Gasteiger partial charge is 0.418 e. The molecule has 2 aromatic carbocycles. The van der Waals surface area contributed by atoms with Gasteiger partial charge in [-0.1, -0.05) is 48.9 Å². The van der Waals surface area contributed by atoms with E-state index in [9.17, 15) is 4.79 Å². The summed E-state index contributed by atoms with van der Waals surface area (Å²) in [6, 6.07) is 15.9. The summed E-state index contributed by atoms with van der Waals surface area (Å²) in [5.41, 5.74) is 1.61. The quantitative estimate of drug-likeness (QED) is 0.652. The summed E-state index contributed by atoms with van der Waals surface area (Å²) in [6.07, 6.45) is 0.838. The van der Waals surface area contributed by atoms with Crippen LogP contribution in [0.4, 0.5) is 4.79 Å². The number of halogens is 1. The molecule has 0 bridgehead atoms. The zero-order valence-electron chi connectivity index (χ0n) is 15.1. The van der Waals surface area contributed by atoms with E-state index in [0.29, 0.717) is 16.8 Å². The lowest BCUT2D eigenvalue weighted by atomic mass is 10.1. The first-order chi connectivity index (χ1) is 13.1. The van der Waals surface area contributed by atoms with Crippen molar-refractivity contribution in [3.05, 3.63) is 71.1 Å². The van der Waals surface area contributed by atoms with Gasteiger partial charge in [-0.05, 0) is 43.2 Å². The predicted octanol–water partition coefficient (Wildman–Crippen LogP) is 4.58. The molecule has 0 unspecified atom stereocenters. The van der Waals surface area contributed by atoms with E-state index >= 15 is 0 Å². The molecule has 27 heavy (non-hydrogen) atoms. The second-order valence-corrected chi connectivity index (χ2v) is 6.66. The molecule has 0 saturated carbocycles. The standard InChI is InChI=1S/C20H21ClN4O2/c1-3-13(2)22-20(26)23-17(14-7-5-4-6-8-14)19-25-24-18(27-19)15-9-11-16(21)12-10-15/h4-13,17H,3H2,1-2H3,(H2,22,23,26)/t13-,17-/m1/s1. The zero-order valence-corrected chi connectivity index (χ0v) is 15.9. The van der Waals surface area contributed by atoms with Crippen molar-refractivity contribution in [3.63, 3.8) is 0 Å². The van der Waals surface area contributed by atoms with Crippen LogP contribution in [0.2, 0.25) is 5.02 Å². The van der Waals surface area contributed by atoms with Gasteiger partial charge >= 0.3 is 6.03 Å². The van der Waals surface area contributed by atoms with Crippen molar-refractivity contribution in [1.29, 1.82) is 0 Å². The number of benzene rings is 2. The first-order valence-corrected chi connectivity index (χ1v) is 9.16. The third-order valence-electron chi connectivity index (χ3n) is 4.18. The number of nitrogens with zero attached hydrogens (tertiary/aromatic N) is 2. The lowest BCUT2D eigenvalue weighted by Gasteiger charge is -2.18. The van der Waals surface area contributed by atoms with Crippen molar-refractivity contribution >= 4 is 17.6 Å². The van der Waals surface area contributed by atoms with E-state index in [1.54, 1.807) is 24.3 Å². The van der Waals surface area contributed by atoms with Gasteiger partial charge in [-0.3, -0.25) is 0 Å². The molecule has 0 spiro atoms. The van der Waals surface area contributed by atoms with Gasteiger partial charge < -0.3 is 15.1 Å². The van der Waals surface area contributed by atoms with E-state index in [2.05, 4.69) is 20.8 Å². The van der Waals surface area contributed by atoms with E-state index in [1.165, 1.54) is 0 Å². The van der Waals surface area contributed by atoms with Crippen LogP contribution in [0.5, 0.6) is 0 Å². The average Bonchev–Trinajstić information content (AvgIpc) is 3.17. The van der Waals surface area contributed by atoms with Crippen LogP contribution in [0.1, 0.15) is 37.8 Å². The van der Waals surface area contributed by atoms with Crippen LogP contribution in [0.15, 0.2) is 59.0 Å². The highest BCUT2D eigenvalue weighted by atomic mass is 35.5. The maximum Gasteiger partial charge on any atom is 0.315 e. The third kappa shape index (κ3) is 4.86. The van der Waals surface area contributed by atoms with Crippen molar-refractivity contribution in [3.8, 4) is 11.5 Å². The van der Waals surface area contributed by atoms with Gasteiger partial charge in [0.25, 0.3) is 0 Å². The maximum absolute atomic E-state index is 12.4. The Morgan fingerprint density at radius 1 is 1.07 bits per heavy atom. The number of hydrogen-bond donors (Lipinski definition) is 2. The molecule has 0 radical (unpaired) electrons. The van der Waals surface area contributed by atoms with E-state index in [-0.39, 0.29) is 12.1 Å². The summed E-state index contributed by atoms with van der Waals surface area (Å²) in [4.78, 5) is 12.4. The Morgan fingerprint density at radius 3 is 2.44 bits per heavy atom. The fourth-order valence-electron chi connectivity index (χ4n) is 2.49. The Balaban J connectivity index is 1.87. The Bertz CT molecular complexity index is 881. The number of urea groups is 1. The maximum atomic E-state index is 12.4. The molecule has 2 atom stereocenters. The first-order valence-electron chi connectivity index (χ1n) is 8.78. The highest BCUT2D eigenvalue weighted by Gasteiger charge is 2.23. The number of nitrogens with one attached hydrogen (secondary N) is 2. The van der Waals surface area contributed by atoms with Gasteiger partial charge in [0, 0.05) is 16.6 Å². The SMILES string of the molecule is CC[C@@H](C)NC(=O)N[C@H](c1ccccc1)c1nnc(-c2ccc(Cl)cc2)o1. The molecule has 2 amide bonds. The van der Waals surface area contributed by atoms with E-state index in [4.69, 9.17) is 16.0 Å². The molecule has 7 heteroatoms. The average molecular weight is 385 g/mol. The minimum Gasteiger partial charge on any atom is -0.418 e. The molecule has 0 fully saturated rings. The molecule has 1 aromatic heterocycles. The van der Waals surface area contributed by atoms with Crippen LogP contribution in [-0.4, -0.2) is 22.3 Å². The fraction of sp³-hybridized carbons (Fsp3) is 0.250. The molecule has 0 aliphatic rings. The predicted molar refractivity (Wildman–Crippen MR) is 104 cm³/mol.